The van der Waals surface area contributed by atoms with Crippen LogP contribution < -0.4 is 4.74 Å². The summed E-state index contributed by atoms with van der Waals surface area (Å²) in [5.74, 6) is 0.286. The van der Waals surface area contributed by atoms with Crippen molar-refractivity contribution in [2.75, 3.05) is 6.61 Å². The molecule has 0 bridgehead atoms. The number of carbonyl (C=O) groups excluding carboxylic acids is 1. The molecule has 0 heterocycles. The van der Waals surface area contributed by atoms with E-state index < -0.39 is 6.10 Å². The molecule has 0 aliphatic heterocycles. The van der Waals surface area contributed by atoms with Gasteiger partial charge in [-0.05, 0) is 44.5 Å². The predicted molar refractivity (Wildman–Crippen MR) is 68.8 cm³/mol. The van der Waals surface area contributed by atoms with Gasteiger partial charge in [0.25, 0.3) is 0 Å². The van der Waals surface area contributed by atoms with Gasteiger partial charge in [-0.3, -0.25) is 0 Å². The van der Waals surface area contributed by atoms with Crippen LogP contribution >= 0.6 is 0 Å². The second-order valence-electron chi connectivity index (χ2n) is 4.35. The smallest absolute Gasteiger partial charge is 0.338 e. The maximum Gasteiger partial charge on any atom is 0.338 e. The van der Waals surface area contributed by atoms with Crippen molar-refractivity contribution in [2.24, 2.45) is 0 Å². The van der Waals surface area contributed by atoms with Gasteiger partial charge in [0.2, 0.25) is 0 Å². The maximum atomic E-state index is 11.6. The number of carbonyl (C=O) groups is 1. The molecule has 18 heavy (non-hydrogen) atoms. The highest BCUT2D eigenvalue weighted by atomic mass is 16.5. The Bertz CT molecular complexity index is 370. The number of benzene rings is 1. The lowest BCUT2D eigenvalue weighted by atomic mass is 10.2. The fraction of sp³-hybridized carbons (Fsp3) is 0.500. The van der Waals surface area contributed by atoms with E-state index in [0.29, 0.717) is 17.7 Å². The molecule has 1 aromatic carbocycles. The Kier molecular flexibility index (Phi) is 5.65. The Morgan fingerprint density at radius 3 is 2.39 bits per heavy atom. The summed E-state index contributed by atoms with van der Waals surface area (Å²) in [5.41, 5.74) is 0.493. The minimum absolute atomic E-state index is 0.131. The highest BCUT2D eigenvalue weighted by Gasteiger charge is 2.09. The molecule has 1 N–H and O–H groups in total. The zero-order valence-corrected chi connectivity index (χ0v) is 11.1. The van der Waals surface area contributed by atoms with Crippen molar-refractivity contribution in [3.63, 3.8) is 0 Å². The van der Waals surface area contributed by atoms with Crippen LogP contribution in [0.5, 0.6) is 5.75 Å². The van der Waals surface area contributed by atoms with Crippen molar-refractivity contribution in [1.29, 1.82) is 0 Å². The Morgan fingerprint density at radius 2 is 1.89 bits per heavy atom. The molecule has 0 saturated heterocycles. The molecule has 0 radical (unpaired) electrons. The maximum absolute atomic E-state index is 11.6. The summed E-state index contributed by atoms with van der Waals surface area (Å²) in [6.45, 7) is 5.76. The monoisotopic (exact) mass is 252 g/mol. The van der Waals surface area contributed by atoms with Crippen LogP contribution in [0, 0.1) is 0 Å². The van der Waals surface area contributed by atoms with Gasteiger partial charge in [0, 0.05) is 0 Å². The Hall–Kier alpha value is -1.55. The second kappa shape index (κ2) is 7.01. The van der Waals surface area contributed by atoms with Crippen LogP contribution in [0.4, 0.5) is 0 Å². The van der Waals surface area contributed by atoms with E-state index in [9.17, 15) is 9.90 Å². The molecule has 4 nitrogen and oxygen atoms in total. The van der Waals surface area contributed by atoms with Gasteiger partial charge in [0.15, 0.2) is 0 Å². The Labute approximate surface area is 108 Å². The van der Waals surface area contributed by atoms with Gasteiger partial charge < -0.3 is 14.6 Å². The first-order valence-corrected chi connectivity index (χ1v) is 6.14. The van der Waals surface area contributed by atoms with Crippen molar-refractivity contribution in [2.45, 2.75) is 39.4 Å². The van der Waals surface area contributed by atoms with E-state index in [0.717, 1.165) is 0 Å². The Balaban J connectivity index is 2.54. The van der Waals surface area contributed by atoms with Gasteiger partial charge in [0.05, 0.1) is 17.8 Å². The molecule has 4 heteroatoms. The average Bonchev–Trinajstić information content (AvgIpc) is 2.35. The molecule has 1 atom stereocenters. The van der Waals surface area contributed by atoms with Gasteiger partial charge in [-0.1, -0.05) is 6.92 Å². The lowest BCUT2D eigenvalue weighted by Gasteiger charge is -2.11. The zero-order chi connectivity index (χ0) is 13.5. The third-order valence-corrected chi connectivity index (χ3v) is 2.35. The van der Waals surface area contributed by atoms with E-state index in [-0.39, 0.29) is 18.7 Å². The first kappa shape index (κ1) is 14.5. The largest absolute Gasteiger partial charge is 0.491 e. The van der Waals surface area contributed by atoms with Gasteiger partial charge in [-0.15, -0.1) is 0 Å². The Morgan fingerprint density at radius 1 is 1.28 bits per heavy atom. The lowest BCUT2D eigenvalue weighted by molar-refractivity contribution is 0.0377. The molecular formula is C14H20O4. The standard InChI is InChI=1S/C14H20O4/c1-4-12(15)9-17-13-7-5-11(6-8-13)14(16)18-10(2)3/h5-8,10,12,15H,4,9H2,1-3H3. The summed E-state index contributed by atoms with van der Waals surface area (Å²) in [6, 6.07) is 6.69. The van der Waals surface area contributed by atoms with Crippen LogP contribution in [0.3, 0.4) is 0 Å². The van der Waals surface area contributed by atoms with Crippen molar-refractivity contribution in [1.82, 2.24) is 0 Å². The van der Waals surface area contributed by atoms with Crippen LogP contribution in [0.15, 0.2) is 24.3 Å². The summed E-state index contributed by atoms with van der Waals surface area (Å²) < 4.78 is 10.4. The van der Waals surface area contributed by atoms with E-state index in [2.05, 4.69) is 0 Å². The number of hydrogen-bond donors (Lipinski definition) is 1. The summed E-state index contributed by atoms with van der Waals surface area (Å²) in [5, 5.41) is 9.36. The molecular weight excluding hydrogens is 232 g/mol. The highest BCUT2D eigenvalue weighted by molar-refractivity contribution is 5.89. The van der Waals surface area contributed by atoms with Crippen LogP contribution in [0.25, 0.3) is 0 Å². The van der Waals surface area contributed by atoms with Crippen molar-refractivity contribution < 1.29 is 19.4 Å². The van der Waals surface area contributed by atoms with E-state index in [1.54, 1.807) is 24.3 Å². The van der Waals surface area contributed by atoms with Gasteiger partial charge in [-0.25, -0.2) is 4.79 Å². The third-order valence-electron chi connectivity index (χ3n) is 2.35. The predicted octanol–water partition coefficient (Wildman–Crippen LogP) is 2.40. The van der Waals surface area contributed by atoms with Crippen molar-refractivity contribution in [3.05, 3.63) is 29.8 Å². The van der Waals surface area contributed by atoms with E-state index >= 15 is 0 Å². The number of hydrogen-bond acceptors (Lipinski definition) is 4. The molecule has 0 amide bonds. The van der Waals surface area contributed by atoms with E-state index in [4.69, 9.17) is 9.47 Å². The average molecular weight is 252 g/mol. The number of rotatable bonds is 6. The third kappa shape index (κ3) is 4.75. The topological polar surface area (TPSA) is 55.8 Å². The van der Waals surface area contributed by atoms with Crippen LogP contribution in [-0.2, 0) is 4.74 Å². The highest BCUT2D eigenvalue weighted by Crippen LogP contribution is 2.14. The summed E-state index contributed by atoms with van der Waals surface area (Å²) in [4.78, 5) is 11.6. The fourth-order valence-electron chi connectivity index (χ4n) is 1.28. The normalized spacial score (nSPS) is 12.3. The number of aliphatic hydroxyl groups is 1. The molecule has 0 aliphatic rings. The first-order valence-electron chi connectivity index (χ1n) is 6.14. The molecule has 100 valence electrons. The molecule has 1 rings (SSSR count). The van der Waals surface area contributed by atoms with Crippen LogP contribution in [-0.4, -0.2) is 29.9 Å². The SMILES string of the molecule is CCC(O)COc1ccc(C(=O)OC(C)C)cc1. The van der Waals surface area contributed by atoms with Gasteiger partial charge >= 0.3 is 5.97 Å². The summed E-state index contributed by atoms with van der Waals surface area (Å²) in [7, 11) is 0. The first-order chi connectivity index (χ1) is 8.52. The van der Waals surface area contributed by atoms with E-state index in [1.807, 2.05) is 20.8 Å². The lowest BCUT2D eigenvalue weighted by Crippen LogP contribution is -2.16. The molecule has 0 spiro atoms. The van der Waals surface area contributed by atoms with Crippen molar-refractivity contribution in [3.8, 4) is 5.75 Å². The molecule has 1 unspecified atom stereocenters. The van der Waals surface area contributed by atoms with Gasteiger partial charge in [-0.2, -0.15) is 0 Å². The van der Waals surface area contributed by atoms with E-state index in [1.165, 1.54) is 0 Å². The molecule has 0 aliphatic carbocycles. The summed E-state index contributed by atoms with van der Waals surface area (Å²) >= 11 is 0. The molecule has 0 aromatic heterocycles. The molecule has 1 aromatic rings. The molecule has 0 saturated carbocycles. The zero-order valence-electron chi connectivity index (χ0n) is 11.1. The van der Waals surface area contributed by atoms with Gasteiger partial charge in [0.1, 0.15) is 12.4 Å². The van der Waals surface area contributed by atoms with Crippen LogP contribution in [0.1, 0.15) is 37.6 Å². The second-order valence-corrected chi connectivity index (χ2v) is 4.35. The number of aliphatic hydroxyl groups excluding tert-OH is 1. The number of esters is 1. The molecule has 0 fully saturated rings. The minimum Gasteiger partial charge on any atom is -0.491 e. The number of ether oxygens (including phenoxy) is 2. The van der Waals surface area contributed by atoms with Crippen molar-refractivity contribution >= 4 is 5.97 Å². The summed E-state index contributed by atoms with van der Waals surface area (Å²) in [6.07, 6.45) is 0.0578. The fourth-order valence-corrected chi connectivity index (χ4v) is 1.28. The quantitative estimate of drug-likeness (QED) is 0.790. The minimum atomic E-state index is -0.462. The van der Waals surface area contributed by atoms with Crippen LogP contribution in [0.2, 0.25) is 0 Å².